The Kier molecular flexibility index (Phi) is 2.43. The summed E-state index contributed by atoms with van der Waals surface area (Å²) in [5.74, 6) is 0.848. The van der Waals surface area contributed by atoms with Gasteiger partial charge in [0.2, 0.25) is 0 Å². The maximum atomic E-state index is 5.98. The molecular formula is C11H20N2O. The summed E-state index contributed by atoms with van der Waals surface area (Å²) in [5.41, 5.74) is 0.107. The molecule has 3 nitrogen and oxygen atoms in total. The topological polar surface area (TPSA) is 15.7 Å². The first kappa shape index (κ1) is 9.84. The van der Waals surface area contributed by atoms with Gasteiger partial charge in [0, 0.05) is 33.1 Å². The molecule has 0 atom stereocenters. The molecule has 2 rings (SSSR count). The predicted octanol–water partition coefficient (Wildman–Crippen LogP) is 1.27. The van der Waals surface area contributed by atoms with Crippen LogP contribution in [0.3, 0.4) is 0 Å². The molecule has 14 heavy (non-hydrogen) atoms. The van der Waals surface area contributed by atoms with Gasteiger partial charge in [0.1, 0.15) is 5.60 Å². The highest BCUT2D eigenvalue weighted by atomic mass is 16.5. The highest BCUT2D eigenvalue weighted by Crippen LogP contribution is 2.35. The first-order valence-electron chi connectivity index (χ1n) is 5.39. The van der Waals surface area contributed by atoms with E-state index in [1.807, 2.05) is 7.05 Å². The summed E-state index contributed by atoms with van der Waals surface area (Å²) in [6.07, 6.45) is 3.45. The van der Waals surface area contributed by atoms with Gasteiger partial charge in [0.25, 0.3) is 0 Å². The van der Waals surface area contributed by atoms with E-state index in [1.165, 1.54) is 0 Å². The zero-order valence-electron chi connectivity index (χ0n) is 9.25. The van der Waals surface area contributed by atoms with Crippen LogP contribution in [-0.4, -0.2) is 49.1 Å². The van der Waals surface area contributed by atoms with Crippen molar-refractivity contribution in [2.24, 2.45) is 0 Å². The van der Waals surface area contributed by atoms with Crippen molar-refractivity contribution in [3.63, 3.8) is 0 Å². The Hall–Kier alpha value is -0.700. The Bertz CT molecular complexity index is 226. The number of hydrogen-bond donors (Lipinski definition) is 0. The summed E-state index contributed by atoms with van der Waals surface area (Å²) >= 11 is 0. The first-order chi connectivity index (χ1) is 6.61. The van der Waals surface area contributed by atoms with Crippen molar-refractivity contribution in [1.82, 2.24) is 9.80 Å². The summed E-state index contributed by atoms with van der Waals surface area (Å²) in [6, 6.07) is 0. The van der Waals surface area contributed by atoms with E-state index in [0.29, 0.717) is 0 Å². The normalized spacial score (nSPS) is 27.9. The van der Waals surface area contributed by atoms with Crippen molar-refractivity contribution in [3.05, 3.63) is 12.5 Å². The molecule has 0 unspecified atom stereocenters. The summed E-state index contributed by atoms with van der Waals surface area (Å²) in [5, 5.41) is 0. The van der Waals surface area contributed by atoms with E-state index in [-0.39, 0.29) is 5.60 Å². The lowest BCUT2D eigenvalue weighted by atomic mass is 9.87. The Balaban J connectivity index is 2.00. The average Bonchev–Trinajstić information content (AvgIpc) is 2.18. The van der Waals surface area contributed by atoms with Crippen molar-refractivity contribution in [2.45, 2.75) is 24.9 Å². The van der Waals surface area contributed by atoms with Crippen LogP contribution in [0.15, 0.2) is 12.5 Å². The van der Waals surface area contributed by atoms with E-state index in [1.54, 1.807) is 0 Å². The van der Waals surface area contributed by atoms with Gasteiger partial charge in [0.05, 0.1) is 0 Å². The summed E-state index contributed by atoms with van der Waals surface area (Å²) in [7, 11) is 4.22. The third kappa shape index (κ3) is 1.73. The molecule has 0 aromatic carbocycles. The van der Waals surface area contributed by atoms with Gasteiger partial charge in [-0.2, -0.15) is 0 Å². The first-order valence-corrected chi connectivity index (χ1v) is 5.39. The lowest BCUT2D eigenvalue weighted by Gasteiger charge is -2.46. The van der Waals surface area contributed by atoms with Gasteiger partial charge in [0.15, 0.2) is 5.88 Å². The van der Waals surface area contributed by atoms with Crippen LogP contribution in [0.25, 0.3) is 0 Å². The lowest BCUT2D eigenvalue weighted by Crippen LogP contribution is -2.50. The second-order valence-corrected chi connectivity index (χ2v) is 4.65. The standard InChI is InChI=1S/C11H20N2O/c1-10-13(3)9-6-11(14-10)4-7-12(2)8-5-11/h1,4-9H2,2-3H3. The van der Waals surface area contributed by atoms with Crippen molar-refractivity contribution in [3.8, 4) is 0 Å². The molecule has 0 N–H and O–H groups in total. The summed E-state index contributed by atoms with van der Waals surface area (Å²) in [6.45, 7) is 7.34. The fraction of sp³-hybridized carbons (Fsp3) is 0.818. The molecule has 0 aliphatic carbocycles. The van der Waals surface area contributed by atoms with Crippen molar-refractivity contribution >= 4 is 0 Å². The van der Waals surface area contributed by atoms with Crippen LogP contribution >= 0.6 is 0 Å². The maximum Gasteiger partial charge on any atom is 0.182 e. The van der Waals surface area contributed by atoms with Crippen LogP contribution in [-0.2, 0) is 4.74 Å². The second kappa shape index (κ2) is 3.46. The number of likely N-dealkylation sites (tertiary alicyclic amines) is 1. The van der Waals surface area contributed by atoms with E-state index in [0.717, 1.165) is 44.8 Å². The zero-order valence-corrected chi connectivity index (χ0v) is 9.25. The third-order valence-corrected chi connectivity index (χ3v) is 3.56. The number of piperidine rings is 1. The molecular weight excluding hydrogens is 176 g/mol. The fourth-order valence-corrected chi connectivity index (χ4v) is 2.25. The molecule has 2 aliphatic heterocycles. The minimum absolute atomic E-state index is 0.107. The fourth-order valence-electron chi connectivity index (χ4n) is 2.25. The molecule has 0 saturated carbocycles. The van der Waals surface area contributed by atoms with Crippen molar-refractivity contribution < 1.29 is 4.74 Å². The Morgan fingerprint density at radius 3 is 2.29 bits per heavy atom. The molecule has 1 spiro atoms. The van der Waals surface area contributed by atoms with Gasteiger partial charge in [-0.1, -0.05) is 0 Å². The van der Waals surface area contributed by atoms with Crippen LogP contribution in [0, 0.1) is 0 Å². The van der Waals surface area contributed by atoms with Crippen LogP contribution in [0.4, 0.5) is 0 Å². The van der Waals surface area contributed by atoms with E-state index in [9.17, 15) is 0 Å². The third-order valence-electron chi connectivity index (χ3n) is 3.56. The molecule has 0 aromatic heterocycles. The summed E-state index contributed by atoms with van der Waals surface area (Å²) in [4.78, 5) is 4.47. The largest absolute Gasteiger partial charge is 0.473 e. The van der Waals surface area contributed by atoms with Crippen molar-refractivity contribution in [1.29, 1.82) is 0 Å². The highest BCUT2D eigenvalue weighted by molar-refractivity contribution is 4.98. The molecule has 0 aromatic rings. The van der Waals surface area contributed by atoms with Crippen LogP contribution < -0.4 is 0 Å². The number of nitrogens with zero attached hydrogens (tertiary/aromatic N) is 2. The molecule has 2 aliphatic rings. The van der Waals surface area contributed by atoms with Gasteiger partial charge in [-0.15, -0.1) is 0 Å². The van der Waals surface area contributed by atoms with Crippen LogP contribution in [0.2, 0.25) is 0 Å². The van der Waals surface area contributed by atoms with E-state index in [2.05, 4.69) is 23.4 Å². The molecule has 2 heterocycles. The van der Waals surface area contributed by atoms with Crippen LogP contribution in [0.1, 0.15) is 19.3 Å². The van der Waals surface area contributed by atoms with E-state index in [4.69, 9.17) is 4.74 Å². The number of ether oxygens (including phenoxy) is 1. The molecule has 80 valence electrons. The van der Waals surface area contributed by atoms with E-state index >= 15 is 0 Å². The minimum atomic E-state index is 0.107. The smallest absolute Gasteiger partial charge is 0.182 e. The minimum Gasteiger partial charge on any atom is -0.473 e. The van der Waals surface area contributed by atoms with E-state index < -0.39 is 0 Å². The van der Waals surface area contributed by atoms with Gasteiger partial charge >= 0.3 is 0 Å². The molecule has 0 radical (unpaired) electrons. The molecule has 0 bridgehead atoms. The molecule has 0 amide bonds. The number of hydrogen-bond acceptors (Lipinski definition) is 3. The van der Waals surface area contributed by atoms with Gasteiger partial charge in [-0.05, 0) is 26.5 Å². The lowest BCUT2D eigenvalue weighted by molar-refractivity contribution is -0.103. The predicted molar refractivity (Wildman–Crippen MR) is 56.9 cm³/mol. The molecule has 2 fully saturated rings. The summed E-state index contributed by atoms with van der Waals surface area (Å²) < 4.78 is 5.98. The SMILES string of the molecule is C=C1OC2(CCN(C)CC2)CCN1C. The number of rotatable bonds is 0. The zero-order chi connectivity index (χ0) is 10.2. The molecule has 2 saturated heterocycles. The van der Waals surface area contributed by atoms with Gasteiger partial charge in [-0.3, -0.25) is 0 Å². The highest BCUT2D eigenvalue weighted by Gasteiger charge is 2.39. The quantitative estimate of drug-likeness (QED) is 0.580. The second-order valence-electron chi connectivity index (χ2n) is 4.65. The van der Waals surface area contributed by atoms with Gasteiger partial charge < -0.3 is 14.5 Å². The van der Waals surface area contributed by atoms with Crippen LogP contribution in [0.5, 0.6) is 0 Å². The maximum absolute atomic E-state index is 5.98. The Labute approximate surface area is 86.3 Å². The van der Waals surface area contributed by atoms with Gasteiger partial charge in [-0.25, -0.2) is 0 Å². The monoisotopic (exact) mass is 196 g/mol. The Morgan fingerprint density at radius 1 is 1.14 bits per heavy atom. The van der Waals surface area contributed by atoms with Crippen molar-refractivity contribution in [2.75, 3.05) is 33.7 Å². The molecule has 3 heteroatoms. The average molecular weight is 196 g/mol. The Morgan fingerprint density at radius 2 is 1.71 bits per heavy atom.